The van der Waals surface area contributed by atoms with E-state index < -0.39 is 0 Å². The van der Waals surface area contributed by atoms with Gasteiger partial charge in [0.1, 0.15) is 11.6 Å². The van der Waals surface area contributed by atoms with Crippen LogP contribution in [0.25, 0.3) is 0 Å². The Morgan fingerprint density at radius 3 is 2.65 bits per heavy atom. The highest BCUT2D eigenvalue weighted by molar-refractivity contribution is 7.11. The number of likely N-dealkylation sites (tertiary alicyclic amines) is 1. The third kappa shape index (κ3) is 7.63. The van der Waals surface area contributed by atoms with E-state index in [0.29, 0.717) is 18.5 Å². The fourth-order valence-corrected chi connectivity index (χ4v) is 4.27. The van der Waals surface area contributed by atoms with Crippen LogP contribution >= 0.6 is 11.3 Å². The minimum Gasteiger partial charge on any atom is -0.354 e. The van der Waals surface area contributed by atoms with Crippen LogP contribution in [0.4, 0.5) is 0 Å². The summed E-state index contributed by atoms with van der Waals surface area (Å²) >= 11 is 1.71. The highest BCUT2D eigenvalue weighted by Gasteiger charge is 2.20. The molecule has 3 rings (SSSR count). The van der Waals surface area contributed by atoms with Gasteiger partial charge in [0.25, 0.3) is 0 Å². The molecular formula is C23H34N6OS. The summed E-state index contributed by atoms with van der Waals surface area (Å²) < 4.78 is 0. The summed E-state index contributed by atoms with van der Waals surface area (Å²) in [5, 5.41) is 7.94. The van der Waals surface area contributed by atoms with Crippen molar-refractivity contribution in [3.8, 4) is 0 Å². The molecule has 0 unspecified atom stereocenters. The van der Waals surface area contributed by atoms with Crippen molar-refractivity contribution >= 4 is 23.2 Å². The van der Waals surface area contributed by atoms with E-state index in [4.69, 9.17) is 0 Å². The Kier molecular flexibility index (Phi) is 8.85. The molecule has 1 saturated heterocycles. The van der Waals surface area contributed by atoms with E-state index >= 15 is 0 Å². The van der Waals surface area contributed by atoms with Crippen LogP contribution in [-0.2, 0) is 24.3 Å². The van der Waals surface area contributed by atoms with E-state index in [1.807, 2.05) is 6.20 Å². The fraction of sp³-hybridized carbons (Fsp3) is 0.522. The minimum absolute atomic E-state index is 0.0127. The monoisotopic (exact) mass is 442 g/mol. The van der Waals surface area contributed by atoms with Crippen molar-refractivity contribution in [3.05, 3.63) is 52.0 Å². The van der Waals surface area contributed by atoms with E-state index in [1.165, 1.54) is 10.4 Å². The number of carbonyl (C=O) groups excluding carboxylic acids is 1. The third-order valence-electron chi connectivity index (χ3n) is 5.41. The van der Waals surface area contributed by atoms with E-state index in [-0.39, 0.29) is 12.5 Å². The van der Waals surface area contributed by atoms with Crippen LogP contribution in [-0.4, -0.2) is 66.4 Å². The van der Waals surface area contributed by atoms with E-state index in [9.17, 15) is 4.79 Å². The van der Waals surface area contributed by atoms with Crippen LogP contribution in [0.15, 0.2) is 41.5 Å². The first-order valence-electron chi connectivity index (χ1n) is 11.0. The number of guanidine groups is 1. The lowest BCUT2D eigenvalue weighted by atomic mass is 10.0. The predicted octanol–water partition coefficient (Wildman–Crippen LogP) is 2.49. The van der Waals surface area contributed by atoms with Crippen molar-refractivity contribution in [2.75, 3.05) is 33.7 Å². The van der Waals surface area contributed by atoms with E-state index in [0.717, 1.165) is 43.9 Å². The highest BCUT2D eigenvalue weighted by atomic mass is 32.1. The topological polar surface area (TPSA) is 72.9 Å². The molecule has 2 N–H and O–H groups in total. The molecule has 1 aliphatic heterocycles. The number of benzene rings is 1. The molecule has 8 heteroatoms. The molecule has 1 amide bonds. The number of amides is 1. The van der Waals surface area contributed by atoms with Gasteiger partial charge >= 0.3 is 0 Å². The number of aromatic nitrogens is 1. The van der Waals surface area contributed by atoms with Gasteiger partial charge in [0.2, 0.25) is 5.91 Å². The summed E-state index contributed by atoms with van der Waals surface area (Å²) in [7, 11) is 3.51. The lowest BCUT2D eigenvalue weighted by Gasteiger charge is -2.33. The summed E-state index contributed by atoms with van der Waals surface area (Å²) in [6.45, 7) is 5.96. The number of piperidine rings is 1. The van der Waals surface area contributed by atoms with Gasteiger partial charge in [0.05, 0.1) is 6.54 Å². The zero-order valence-electron chi connectivity index (χ0n) is 18.8. The van der Waals surface area contributed by atoms with Crippen molar-refractivity contribution in [3.63, 3.8) is 0 Å². The lowest BCUT2D eigenvalue weighted by Crippen LogP contribution is -2.48. The number of thiazole rings is 1. The van der Waals surface area contributed by atoms with Gasteiger partial charge in [0, 0.05) is 50.8 Å². The van der Waals surface area contributed by atoms with Gasteiger partial charge in [-0.2, -0.15) is 0 Å². The Hall–Kier alpha value is -2.45. The predicted molar refractivity (Wildman–Crippen MR) is 127 cm³/mol. The molecule has 0 radical (unpaired) electrons. The average Bonchev–Trinajstić information content (AvgIpc) is 3.25. The van der Waals surface area contributed by atoms with Gasteiger partial charge in [-0.3, -0.25) is 9.69 Å². The van der Waals surface area contributed by atoms with Crippen LogP contribution in [0.3, 0.4) is 0 Å². The van der Waals surface area contributed by atoms with Gasteiger partial charge in [-0.15, -0.1) is 11.3 Å². The second-order valence-electron chi connectivity index (χ2n) is 8.06. The summed E-state index contributed by atoms with van der Waals surface area (Å²) in [6, 6.07) is 11.0. The molecule has 0 bridgehead atoms. The molecule has 1 aliphatic rings. The van der Waals surface area contributed by atoms with Crippen LogP contribution in [0.1, 0.15) is 35.2 Å². The van der Waals surface area contributed by atoms with Crippen molar-refractivity contribution in [2.24, 2.45) is 4.99 Å². The number of carbonyl (C=O) groups is 1. The zero-order valence-corrected chi connectivity index (χ0v) is 19.6. The van der Waals surface area contributed by atoms with Crippen LogP contribution in [0, 0.1) is 0 Å². The first kappa shape index (κ1) is 23.2. The molecule has 1 aromatic carbocycles. The van der Waals surface area contributed by atoms with Gasteiger partial charge < -0.3 is 15.5 Å². The number of nitrogens with one attached hydrogen (secondary N) is 2. The Labute approximate surface area is 189 Å². The molecule has 0 spiro atoms. The van der Waals surface area contributed by atoms with E-state index in [1.54, 1.807) is 30.3 Å². The van der Waals surface area contributed by atoms with Gasteiger partial charge in [-0.25, -0.2) is 9.98 Å². The summed E-state index contributed by atoms with van der Waals surface area (Å²) in [4.78, 5) is 26.4. The number of likely N-dealkylation sites (N-methyl/N-ethyl adjacent to an activating group) is 1. The Bertz CT molecular complexity index is 843. The van der Waals surface area contributed by atoms with Crippen LogP contribution in [0.2, 0.25) is 0 Å². The minimum atomic E-state index is -0.0127. The molecule has 0 aliphatic carbocycles. The smallest absolute Gasteiger partial charge is 0.243 e. The molecule has 7 nitrogen and oxygen atoms in total. The molecule has 31 heavy (non-hydrogen) atoms. The first-order valence-corrected chi connectivity index (χ1v) is 11.8. The van der Waals surface area contributed by atoms with Crippen molar-refractivity contribution in [2.45, 2.75) is 45.3 Å². The summed E-state index contributed by atoms with van der Waals surface area (Å²) in [5.74, 6) is 0.672. The standard InChI is InChI=1S/C23H34N6OS/c1-4-20-14-24-21(31-20)15-25-23(26-16-22(30)28(2)3)27-19-10-12-29(13-11-19)17-18-8-6-5-7-9-18/h5-9,14,19H,4,10-13,15-17H2,1-3H3,(H2,25,26,27). The zero-order chi connectivity index (χ0) is 22.1. The number of nitrogens with zero attached hydrogens (tertiary/aromatic N) is 4. The number of hydrogen-bond donors (Lipinski definition) is 2. The summed E-state index contributed by atoms with van der Waals surface area (Å²) in [6.07, 6.45) is 5.03. The van der Waals surface area contributed by atoms with Crippen LogP contribution < -0.4 is 10.6 Å². The highest BCUT2D eigenvalue weighted by Crippen LogP contribution is 2.15. The van der Waals surface area contributed by atoms with Crippen LogP contribution in [0.5, 0.6) is 0 Å². The maximum atomic E-state index is 12.0. The lowest BCUT2D eigenvalue weighted by molar-refractivity contribution is -0.127. The molecular weight excluding hydrogens is 408 g/mol. The Morgan fingerprint density at radius 2 is 2.00 bits per heavy atom. The second kappa shape index (κ2) is 11.8. The second-order valence-corrected chi connectivity index (χ2v) is 9.26. The van der Waals surface area contributed by atoms with Gasteiger partial charge in [0.15, 0.2) is 5.96 Å². The SMILES string of the molecule is CCc1cnc(CNC(=NCC(=O)N(C)C)NC2CCN(Cc3ccccc3)CC2)s1. The van der Waals surface area contributed by atoms with Crippen molar-refractivity contribution in [1.29, 1.82) is 0 Å². The van der Waals surface area contributed by atoms with Crippen molar-refractivity contribution < 1.29 is 4.79 Å². The fourth-order valence-electron chi connectivity index (χ4n) is 3.46. The largest absolute Gasteiger partial charge is 0.354 e. The molecule has 2 heterocycles. The Balaban J connectivity index is 1.53. The normalized spacial score (nSPS) is 15.6. The van der Waals surface area contributed by atoms with Crippen molar-refractivity contribution in [1.82, 2.24) is 25.4 Å². The molecule has 0 saturated carbocycles. The maximum absolute atomic E-state index is 12.0. The molecule has 2 aromatic rings. The number of aryl methyl sites for hydroxylation is 1. The molecule has 0 atom stereocenters. The molecule has 1 fully saturated rings. The number of rotatable bonds is 8. The Morgan fingerprint density at radius 1 is 1.26 bits per heavy atom. The van der Waals surface area contributed by atoms with Gasteiger partial charge in [-0.1, -0.05) is 37.3 Å². The van der Waals surface area contributed by atoms with Gasteiger partial charge in [-0.05, 0) is 24.8 Å². The third-order valence-corrected chi connectivity index (χ3v) is 6.55. The average molecular weight is 443 g/mol. The number of hydrogen-bond acceptors (Lipinski definition) is 5. The number of aliphatic imine (C=N–C) groups is 1. The summed E-state index contributed by atoms with van der Waals surface area (Å²) in [5.41, 5.74) is 1.36. The quantitative estimate of drug-likeness (QED) is 0.485. The first-order chi connectivity index (χ1) is 15.0. The maximum Gasteiger partial charge on any atom is 0.243 e. The molecule has 168 valence electrons. The molecule has 1 aromatic heterocycles. The van der Waals surface area contributed by atoms with E-state index in [2.05, 4.69) is 62.8 Å².